The second-order valence-corrected chi connectivity index (χ2v) is 9.90. The molecule has 1 saturated heterocycles. The molecule has 0 aliphatic carbocycles. The van der Waals surface area contributed by atoms with Crippen molar-refractivity contribution < 1.29 is 0 Å². The first-order chi connectivity index (χ1) is 16.4. The molecule has 0 saturated carbocycles. The zero-order valence-electron chi connectivity index (χ0n) is 20.6. The van der Waals surface area contributed by atoms with Crippen LogP contribution in [0.1, 0.15) is 69.1 Å². The van der Waals surface area contributed by atoms with E-state index in [1.165, 1.54) is 25.7 Å². The Labute approximate surface area is 203 Å². The molecule has 3 N–H and O–H groups in total. The number of aromatic nitrogens is 1. The maximum atomic E-state index is 13.5. The summed E-state index contributed by atoms with van der Waals surface area (Å²) in [5.41, 5.74) is 9.23. The molecule has 0 unspecified atom stereocenters. The van der Waals surface area contributed by atoms with Crippen molar-refractivity contribution in [2.24, 2.45) is 5.73 Å². The number of amidine groups is 1. The molecule has 0 radical (unpaired) electrons. The van der Waals surface area contributed by atoms with Crippen LogP contribution in [0.5, 0.6) is 0 Å². The van der Waals surface area contributed by atoms with Gasteiger partial charge in [0.15, 0.2) is 0 Å². The van der Waals surface area contributed by atoms with Crippen LogP contribution in [0.4, 0.5) is 0 Å². The van der Waals surface area contributed by atoms with Gasteiger partial charge in [0, 0.05) is 36.2 Å². The Morgan fingerprint density at radius 2 is 1.71 bits per heavy atom. The van der Waals surface area contributed by atoms with Gasteiger partial charge < -0.3 is 10.3 Å². The number of hydrogen-bond donors (Lipinski definition) is 2. The predicted octanol–water partition coefficient (Wildman–Crippen LogP) is 5.31. The number of nitrogens with one attached hydrogen (secondary N) is 1. The summed E-state index contributed by atoms with van der Waals surface area (Å²) < 4.78 is 1.96. The lowest BCUT2D eigenvalue weighted by atomic mass is 9.97. The van der Waals surface area contributed by atoms with Crippen molar-refractivity contribution in [2.75, 3.05) is 6.54 Å². The number of rotatable bonds is 9. The highest BCUT2D eigenvalue weighted by Crippen LogP contribution is 2.23. The predicted molar refractivity (Wildman–Crippen MR) is 142 cm³/mol. The number of hydrogen-bond acceptors (Lipinski definition) is 3. The quantitative estimate of drug-likeness (QED) is 0.259. The summed E-state index contributed by atoms with van der Waals surface area (Å²) >= 11 is 0. The Hall–Kier alpha value is -2.92. The smallest absolute Gasteiger partial charge is 0.254 e. The molecule has 1 fully saturated rings. The van der Waals surface area contributed by atoms with Crippen molar-refractivity contribution in [3.63, 3.8) is 0 Å². The average Bonchev–Trinajstić information content (AvgIpc) is 2.82. The molecule has 2 aromatic carbocycles. The van der Waals surface area contributed by atoms with Crippen LogP contribution in [0.15, 0.2) is 59.4 Å². The van der Waals surface area contributed by atoms with Crippen molar-refractivity contribution in [3.05, 3.63) is 81.6 Å². The SMILES string of the molecule is C[C@@H]1CCC[C@H](C)N1CCCCCn1c(=O)c(Cc2cccc(C(=N)N)c2)cc2ccccc21. The lowest BCUT2D eigenvalue weighted by Crippen LogP contribution is -2.44. The Bertz CT molecular complexity index is 1190. The molecule has 2 heterocycles. The number of aryl methyl sites for hydroxylation is 1. The molecular formula is C29H38N4O. The summed E-state index contributed by atoms with van der Waals surface area (Å²) in [4.78, 5) is 16.2. The Morgan fingerprint density at radius 3 is 2.47 bits per heavy atom. The number of para-hydroxylation sites is 1. The van der Waals surface area contributed by atoms with E-state index in [2.05, 4.69) is 24.8 Å². The normalized spacial score (nSPS) is 18.9. The molecule has 1 aliphatic rings. The van der Waals surface area contributed by atoms with Gasteiger partial charge in [-0.05, 0) is 75.2 Å². The zero-order valence-corrected chi connectivity index (χ0v) is 20.6. The van der Waals surface area contributed by atoms with Crippen molar-refractivity contribution in [3.8, 4) is 0 Å². The highest BCUT2D eigenvalue weighted by Gasteiger charge is 2.23. The van der Waals surface area contributed by atoms with Crippen molar-refractivity contribution in [1.29, 1.82) is 5.41 Å². The minimum Gasteiger partial charge on any atom is -0.384 e. The zero-order chi connectivity index (χ0) is 24.1. The minimum absolute atomic E-state index is 0.0473. The number of nitrogens with two attached hydrogens (primary N) is 1. The first kappa shape index (κ1) is 24.2. The van der Waals surface area contributed by atoms with E-state index in [1.807, 2.05) is 53.1 Å². The standard InChI is InChI=1S/C29H38N4O/c1-21-10-8-11-22(2)32(21)16-6-3-7-17-33-27-15-5-4-13-24(27)20-26(29(33)34)19-23-12-9-14-25(18-23)28(30)31/h4-5,9,12-15,18,20-22H,3,6-8,10-11,16-17,19H2,1-2H3,(H3,30,31)/t21-,22+. The maximum Gasteiger partial charge on any atom is 0.254 e. The number of fused-ring (bicyclic) bond motifs is 1. The Kier molecular flexibility index (Phi) is 7.84. The molecule has 2 atom stereocenters. The summed E-state index contributed by atoms with van der Waals surface area (Å²) in [5.74, 6) is 0.0473. The third kappa shape index (κ3) is 5.58. The van der Waals surface area contributed by atoms with Gasteiger partial charge in [-0.3, -0.25) is 15.1 Å². The van der Waals surface area contributed by atoms with Crippen molar-refractivity contribution in [2.45, 2.75) is 77.4 Å². The summed E-state index contributed by atoms with van der Waals surface area (Å²) in [7, 11) is 0. The van der Waals surface area contributed by atoms with Gasteiger partial charge in [0.2, 0.25) is 0 Å². The molecule has 1 aliphatic heterocycles. The third-order valence-corrected chi connectivity index (χ3v) is 7.38. The fraction of sp³-hybridized carbons (Fsp3) is 0.448. The average molecular weight is 459 g/mol. The van der Waals surface area contributed by atoms with Crippen LogP contribution < -0.4 is 11.3 Å². The van der Waals surface area contributed by atoms with Gasteiger partial charge in [0.1, 0.15) is 5.84 Å². The Balaban J connectivity index is 1.47. The van der Waals surface area contributed by atoms with E-state index in [4.69, 9.17) is 11.1 Å². The number of nitrogen functional groups attached to an aromatic ring is 1. The van der Waals surface area contributed by atoms with Crippen molar-refractivity contribution >= 4 is 16.7 Å². The summed E-state index contributed by atoms with van der Waals surface area (Å²) in [5, 5.41) is 8.80. The molecule has 0 bridgehead atoms. The number of likely N-dealkylation sites (tertiary alicyclic amines) is 1. The summed E-state index contributed by atoms with van der Waals surface area (Å²) in [6, 6.07) is 19.2. The van der Waals surface area contributed by atoms with Crippen LogP contribution in [-0.2, 0) is 13.0 Å². The van der Waals surface area contributed by atoms with Crippen LogP contribution in [0.2, 0.25) is 0 Å². The summed E-state index contributed by atoms with van der Waals surface area (Å²) in [6.45, 7) is 6.62. The Morgan fingerprint density at radius 1 is 0.971 bits per heavy atom. The molecule has 180 valence electrons. The second-order valence-electron chi connectivity index (χ2n) is 9.90. The molecule has 0 spiro atoms. The fourth-order valence-electron chi connectivity index (χ4n) is 5.46. The third-order valence-electron chi connectivity index (χ3n) is 7.38. The molecular weight excluding hydrogens is 420 g/mol. The number of unbranched alkanes of at least 4 members (excludes halogenated alkanes) is 2. The molecule has 4 rings (SSSR count). The van der Waals surface area contributed by atoms with Gasteiger partial charge >= 0.3 is 0 Å². The van der Waals surface area contributed by atoms with E-state index in [0.717, 1.165) is 48.0 Å². The van der Waals surface area contributed by atoms with E-state index in [-0.39, 0.29) is 11.4 Å². The van der Waals surface area contributed by atoms with Gasteiger partial charge in [0.05, 0.1) is 5.52 Å². The van der Waals surface area contributed by atoms with E-state index < -0.39 is 0 Å². The van der Waals surface area contributed by atoms with Crippen LogP contribution >= 0.6 is 0 Å². The largest absolute Gasteiger partial charge is 0.384 e. The lowest BCUT2D eigenvalue weighted by Gasteiger charge is -2.39. The maximum absolute atomic E-state index is 13.5. The first-order valence-corrected chi connectivity index (χ1v) is 12.7. The number of nitrogens with zero attached hydrogens (tertiary/aromatic N) is 2. The van der Waals surface area contributed by atoms with E-state index in [9.17, 15) is 4.79 Å². The fourth-order valence-corrected chi connectivity index (χ4v) is 5.46. The van der Waals surface area contributed by atoms with Gasteiger partial charge in [0.25, 0.3) is 5.56 Å². The molecule has 3 aromatic rings. The van der Waals surface area contributed by atoms with Crippen LogP contribution in [0, 0.1) is 5.41 Å². The minimum atomic E-state index is 0.0473. The van der Waals surface area contributed by atoms with E-state index >= 15 is 0 Å². The van der Waals surface area contributed by atoms with E-state index in [0.29, 0.717) is 24.1 Å². The topological polar surface area (TPSA) is 75.1 Å². The van der Waals surface area contributed by atoms with Crippen LogP contribution in [0.3, 0.4) is 0 Å². The number of pyridine rings is 1. The molecule has 34 heavy (non-hydrogen) atoms. The first-order valence-electron chi connectivity index (χ1n) is 12.7. The van der Waals surface area contributed by atoms with E-state index in [1.54, 1.807) is 0 Å². The highest BCUT2D eigenvalue weighted by atomic mass is 16.1. The van der Waals surface area contributed by atoms with Gasteiger partial charge in [-0.25, -0.2) is 0 Å². The van der Waals surface area contributed by atoms with Crippen molar-refractivity contribution in [1.82, 2.24) is 9.47 Å². The van der Waals surface area contributed by atoms with Crippen LogP contribution in [0.25, 0.3) is 10.9 Å². The van der Waals surface area contributed by atoms with Gasteiger partial charge in [-0.2, -0.15) is 0 Å². The summed E-state index contributed by atoms with van der Waals surface area (Å²) in [6.07, 6.45) is 7.83. The van der Waals surface area contributed by atoms with Gasteiger partial charge in [-0.15, -0.1) is 0 Å². The number of benzene rings is 2. The molecule has 5 nitrogen and oxygen atoms in total. The molecule has 5 heteroatoms. The lowest BCUT2D eigenvalue weighted by molar-refractivity contribution is 0.101. The second kappa shape index (κ2) is 11.0. The monoisotopic (exact) mass is 458 g/mol. The number of piperidine rings is 1. The highest BCUT2D eigenvalue weighted by molar-refractivity contribution is 5.95. The molecule has 1 aromatic heterocycles. The van der Waals surface area contributed by atoms with Crippen LogP contribution in [-0.4, -0.2) is 33.9 Å². The molecule has 0 amide bonds. The van der Waals surface area contributed by atoms with Gasteiger partial charge in [-0.1, -0.05) is 49.2 Å².